The molecule has 2 aromatic rings. The van der Waals surface area contributed by atoms with Gasteiger partial charge < -0.3 is 9.64 Å². The Morgan fingerprint density at radius 1 is 1.27 bits per heavy atom. The van der Waals surface area contributed by atoms with Gasteiger partial charge in [-0.1, -0.05) is 12.1 Å². The maximum Gasteiger partial charge on any atom is 0.251 e. The minimum Gasteiger partial charge on any atom is -0.368 e. The Kier molecular flexibility index (Phi) is 3.84. The van der Waals surface area contributed by atoms with Crippen LogP contribution in [0.5, 0.6) is 0 Å². The highest BCUT2D eigenvalue weighted by Gasteiger charge is 2.32. The summed E-state index contributed by atoms with van der Waals surface area (Å²) >= 11 is 1.77. The van der Waals surface area contributed by atoms with Gasteiger partial charge in [-0.05, 0) is 37.8 Å². The van der Waals surface area contributed by atoms with E-state index in [-0.39, 0.29) is 12.0 Å². The van der Waals surface area contributed by atoms with Crippen LogP contribution in [-0.2, 0) is 9.53 Å². The van der Waals surface area contributed by atoms with E-state index >= 15 is 0 Å². The lowest BCUT2D eigenvalue weighted by Gasteiger charge is -2.33. The number of thiazole rings is 1. The molecule has 0 N–H and O–H groups in total. The van der Waals surface area contributed by atoms with E-state index in [1.807, 2.05) is 11.0 Å². The van der Waals surface area contributed by atoms with Crippen LogP contribution in [0.1, 0.15) is 36.6 Å². The second-order valence-corrected chi connectivity index (χ2v) is 7.21. The molecule has 2 fully saturated rings. The Labute approximate surface area is 134 Å². The van der Waals surface area contributed by atoms with Crippen molar-refractivity contribution in [1.29, 1.82) is 0 Å². The topological polar surface area (TPSA) is 42.4 Å². The molecule has 0 saturated carbocycles. The number of rotatable bonds is 2. The summed E-state index contributed by atoms with van der Waals surface area (Å²) < 4.78 is 6.79. The van der Waals surface area contributed by atoms with Gasteiger partial charge in [0.05, 0.1) is 15.2 Å². The number of nitrogens with zero attached hydrogens (tertiary/aromatic N) is 2. The van der Waals surface area contributed by atoms with Crippen LogP contribution in [0.15, 0.2) is 24.3 Å². The van der Waals surface area contributed by atoms with Crippen molar-refractivity contribution >= 4 is 27.5 Å². The van der Waals surface area contributed by atoms with Gasteiger partial charge in [0.15, 0.2) is 0 Å². The van der Waals surface area contributed by atoms with Crippen molar-refractivity contribution in [1.82, 2.24) is 9.88 Å². The number of hydrogen-bond acceptors (Lipinski definition) is 4. The van der Waals surface area contributed by atoms with Gasteiger partial charge >= 0.3 is 0 Å². The summed E-state index contributed by atoms with van der Waals surface area (Å²) in [7, 11) is 0. The molecule has 0 spiro atoms. The SMILES string of the molecule is O=C([C@@H]1CCCO1)N1CCC[C@H](c2nc3ccccc3s2)C1. The van der Waals surface area contributed by atoms with Crippen molar-refractivity contribution in [3.05, 3.63) is 29.3 Å². The largest absolute Gasteiger partial charge is 0.368 e. The third kappa shape index (κ3) is 2.63. The number of hydrogen-bond donors (Lipinski definition) is 0. The Bertz CT molecular complexity index is 645. The van der Waals surface area contributed by atoms with Crippen molar-refractivity contribution in [2.45, 2.75) is 37.7 Å². The quantitative estimate of drug-likeness (QED) is 0.854. The summed E-state index contributed by atoms with van der Waals surface area (Å²) in [5.41, 5.74) is 1.07. The number of ether oxygens (including phenoxy) is 1. The smallest absolute Gasteiger partial charge is 0.251 e. The van der Waals surface area contributed by atoms with E-state index < -0.39 is 0 Å². The number of piperidine rings is 1. The Morgan fingerprint density at radius 3 is 3.00 bits per heavy atom. The normalized spacial score (nSPS) is 25.7. The zero-order chi connectivity index (χ0) is 14.9. The van der Waals surface area contributed by atoms with Gasteiger partial charge in [0.2, 0.25) is 0 Å². The van der Waals surface area contributed by atoms with Crippen molar-refractivity contribution in [3.63, 3.8) is 0 Å². The fraction of sp³-hybridized carbons (Fsp3) is 0.529. The number of likely N-dealkylation sites (tertiary alicyclic amines) is 1. The summed E-state index contributed by atoms with van der Waals surface area (Å²) in [6, 6.07) is 8.26. The van der Waals surface area contributed by atoms with Crippen molar-refractivity contribution in [2.75, 3.05) is 19.7 Å². The number of fused-ring (bicyclic) bond motifs is 1. The predicted molar refractivity (Wildman–Crippen MR) is 87.1 cm³/mol. The first-order valence-electron chi connectivity index (χ1n) is 8.07. The second kappa shape index (κ2) is 5.97. The van der Waals surface area contributed by atoms with Crippen LogP contribution < -0.4 is 0 Å². The fourth-order valence-electron chi connectivity index (χ4n) is 3.42. The van der Waals surface area contributed by atoms with E-state index in [4.69, 9.17) is 9.72 Å². The van der Waals surface area contributed by atoms with Crippen LogP contribution in [0.3, 0.4) is 0 Å². The average molecular weight is 316 g/mol. The first-order valence-corrected chi connectivity index (χ1v) is 8.89. The van der Waals surface area contributed by atoms with E-state index in [9.17, 15) is 4.79 Å². The number of para-hydroxylation sites is 1. The lowest BCUT2D eigenvalue weighted by Crippen LogP contribution is -2.44. The molecule has 2 atom stereocenters. The maximum atomic E-state index is 12.5. The fourth-order valence-corrected chi connectivity index (χ4v) is 4.51. The van der Waals surface area contributed by atoms with Crippen molar-refractivity contribution < 1.29 is 9.53 Å². The van der Waals surface area contributed by atoms with Crippen LogP contribution in [-0.4, -0.2) is 41.6 Å². The standard InChI is InChI=1S/C17H20N2O2S/c20-17(14-7-4-10-21-14)19-9-3-5-12(11-19)16-18-13-6-1-2-8-15(13)22-16/h1-2,6,8,12,14H,3-5,7,9-11H2/t12-,14-/m0/s1. The summed E-state index contributed by atoms with van der Waals surface area (Å²) in [5.74, 6) is 0.555. The molecule has 22 heavy (non-hydrogen) atoms. The number of carbonyl (C=O) groups excluding carboxylic acids is 1. The van der Waals surface area contributed by atoms with E-state index in [0.29, 0.717) is 5.92 Å². The van der Waals surface area contributed by atoms with Gasteiger partial charge in [-0.2, -0.15) is 0 Å². The van der Waals surface area contributed by atoms with Gasteiger partial charge in [0.1, 0.15) is 6.10 Å². The van der Waals surface area contributed by atoms with Crippen LogP contribution in [0.25, 0.3) is 10.2 Å². The van der Waals surface area contributed by atoms with E-state index in [2.05, 4.69) is 18.2 Å². The first kappa shape index (κ1) is 14.2. The van der Waals surface area contributed by atoms with Gasteiger partial charge in [-0.15, -0.1) is 11.3 Å². The Morgan fingerprint density at radius 2 is 2.18 bits per heavy atom. The van der Waals surface area contributed by atoms with E-state index in [0.717, 1.165) is 50.9 Å². The van der Waals surface area contributed by atoms with Crippen LogP contribution in [0.2, 0.25) is 0 Å². The van der Waals surface area contributed by atoms with Crippen molar-refractivity contribution in [3.8, 4) is 0 Å². The zero-order valence-electron chi connectivity index (χ0n) is 12.5. The van der Waals surface area contributed by atoms with Gasteiger partial charge in [-0.3, -0.25) is 4.79 Å². The highest BCUT2D eigenvalue weighted by molar-refractivity contribution is 7.18. The van der Waals surface area contributed by atoms with Gasteiger partial charge in [0.25, 0.3) is 5.91 Å². The van der Waals surface area contributed by atoms with E-state index in [1.54, 1.807) is 11.3 Å². The zero-order valence-corrected chi connectivity index (χ0v) is 13.3. The maximum absolute atomic E-state index is 12.5. The summed E-state index contributed by atoms with van der Waals surface area (Å²) in [6.07, 6.45) is 3.86. The minimum atomic E-state index is -0.200. The molecule has 2 aliphatic rings. The first-order chi connectivity index (χ1) is 10.8. The van der Waals surface area contributed by atoms with E-state index in [1.165, 1.54) is 9.71 Å². The number of benzene rings is 1. The lowest BCUT2D eigenvalue weighted by molar-refractivity contribution is -0.142. The molecule has 0 bridgehead atoms. The average Bonchev–Trinajstić information content (AvgIpc) is 3.23. The lowest BCUT2D eigenvalue weighted by atomic mass is 9.98. The molecule has 4 rings (SSSR count). The Balaban J connectivity index is 1.51. The number of aromatic nitrogens is 1. The third-order valence-corrected chi connectivity index (χ3v) is 5.80. The minimum absolute atomic E-state index is 0.184. The highest BCUT2D eigenvalue weighted by Crippen LogP contribution is 2.33. The molecule has 2 saturated heterocycles. The second-order valence-electron chi connectivity index (χ2n) is 6.14. The molecular formula is C17H20N2O2S. The molecular weight excluding hydrogens is 296 g/mol. The molecule has 116 valence electrons. The highest BCUT2D eigenvalue weighted by atomic mass is 32.1. The molecule has 1 aromatic heterocycles. The van der Waals surface area contributed by atoms with Crippen LogP contribution in [0, 0.1) is 0 Å². The molecule has 4 nitrogen and oxygen atoms in total. The molecule has 0 radical (unpaired) electrons. The summed E-state index contributed by atoms with van der Waals surface area (Å²) in [5, 5.41) is 1.17. The monoisotopic (exact) mass is 316 g/mol. The van der Waals surface area contributed by atoms with Gasteiger partial charge in [0, 0.05) is 25.6 Å². The summed E-state index contributed by atoms with van der Waals surface area (Å²) in [4.78, 5) is 19.3. The molecule has 2 aliphatic heterocycles. The number of amides is 1. The molecule has 0 aliphatic carbocycles. The van der Waals surface area contributed by atoms with Crippen molar-refractivity contribution in [2.24, 2.45) is 0 Å². The predicted octanol–water partition coefficient (Wildman–Crippen LogP) is 3.18. The van der Waals surface area contributed by atoms with Crippen LogP contribution in [0.4, 0.5) is 0 Å². The molecule has 1 amide bonds. The Hall–Kier alpha value is -1.46. The molecule has 1 aromatic carbocycles. The molecule has 0 unspecified atom stereocenters. The van der Waals surface area contributed by atoms with Gasteiger partial charge in [-0.25, -0.2) is 4.98 Å². The molecule has 5 heteroatoms. The van der Waals surface area contributed by atoms with Crippen LogP contribution >= 0.6 is 11.3 Å². The third-order valence-electron chi connectivity index (χ3n) is 4.60. The number of carbonyl (C=O) groups is 1. The summed E-state index contributed by atoms with van der Waals surface area (Å²) in [6.45, 7) is 2.38. The molecule has 3 heterocycles.